The molecule has 0 saturated carbocycles. The average Bonchev–Trinajstić information content (AvgIpc) is 3.25. The van der Waals surface area contributed by atoms with Crippen molar-refractivity contribution < 1.29 is 9.25 Å². The van der Waals surface area contributed by atoms with Crippen LogP contribution in [0.3, 0.4) is 0 Å². The van der Waals surface area contributed by atoms with E-state index in [2.05, 4.69) is 37.1 Å². The van der Waals surface area contributed by atoms with Gasteiger partial charge >= 0.3 is 0 Å². The van der Waals surface area contributed by atoms with Crippen LogP contribution in [0.2, 0.25) is 0 Å². The van der Waals surface area contributed by atoms with Crippen LogP contribution in [-0.2, 0) is 11.4 Å². The number of nitrogens with zero attached hydrogens (tertiary/aromatic N) is 5. The minimum absolute atomic E-state index is 0.209. The van der Waals surface area contributed by atoms with Gasteiger partial charge in [-0.1, -0.05) is 35.5 Å². The molecular formula is C25H27N7O2. The first-order valence-electron chi connectivity index (χ1n) is 11.2. The molecule has 34 heavy (non-hydrogen) atoms. The smallest absolute Gasteiger partial charge is 0.222 e. The number of hydrogen-bond acceptors (Lipinski definition) is 9. The summed E-state index contributed by atoms with van der Waals surface area (Å²) in [6.07, 6.45) is 1.71. The zero-order chi connectivity index (χ0) is 23.5. The Kier molecular flexibility index (Phi) is 5.90. The van der Waals surface area contributed by atoms with Gasteiger partial charge in [0, 0.05) is 37.3 Å². The predicted molar refractivity (Wildman–Crippen MR) is 135 cm³/mol. The van der Waals surface area contributed by atoms with Gasteiger partial charge in [0.2, 0.25) is 5.95 Å². The molecule has 1 fully saturated rings. The Morgan fingerprint density at radius 2 is 1.74 bits per heavy atom. The molecule has 0 aliphatic carbocycles. The Hall–Kier alpha value is -4.27. The van der Waals surface area contributed by atoms with Crippen molar-refractivity contribution in [2.24, 2.45) is 5.16 Å². The molecule has 3 heterocycles. The highest BCUT2D eigenvalue weighted by Gasteiger charge is 2.22. The number of piperazine rings is 1. The van der Waals surface area contributed by atoms with Crippen LogP contribution in [-0.4, -0.2) is 42.4 Å². The van der Waals surface area contributed by atoms with E-state index in [0.29, 0.717) is 5.82 Å². The minimum atomic E-state index is 0.209. The molecule has 0 unspecified atom stereocenters. The van der Waals surface area contributed by atoms with Gasteiger partial charge in [-0.2, -0.15) is 4.98 Å². The summed E-state index contributed by atoms with van der Waals surface area (Å²) in [5.74, 6) is 1.39. The highest BCUT2D eigenvalue weighted by atomic mass is 16.6. The molecule has 4 aromatic rings. The fourth-order valence-corrected chi connectivity index (χ4v) is 4.27. The Morgan fingerprint density at radius 1 is 1.00 bits per heavy atom. The number of hydrogen-bond donors (Lipinski definition) is 2. The van der Waals surface area contributed by atoms with E-state index in [4.69, 9.17) is 20.7 Å². The summed E-state index contributed by atoms with van der Waals surface area (Å²) in [7, 11) is 0. The summed E-state index contributed by atoms with van der Waals surface area (Å²) in [6, 6.07) is 18.1. The largest absolute Gasteiger partial charge is 0.457 e. The van der Waals surface area contributed by atoms with Crippen LogP contribution < -0.4 is 21.3 Å². The molecule has 4 N–H and O–H groups in total. The van der Waals surface area contributed by atoms with Crippen LogP contribution in [0.1, 0.15) is 17.0 Å². The van der Waals surface area contributed by atoms with Crippen molar-refractivity contribution in [2.75, 3.05) is 47.4 Å². The number of nitrogen functional groups attached to an aromatic ring is 2. The van der Waals surface area contributed by atoms with E-state index in [-0.39, 0.29) is 12.6 Å². The number of oxime groups is 1. The Labute approximate surface area is 197 Å². The molecule has 1 aliphatic rings. The molecule has 1 saturated heterocycles. The number of rotatable bonds is 6. The maximum absolute atomic E-state index is 6.10. The molecule has 0 radical (unpaired) electrons. The summed E-state index contributed by atoms with van der Waals surface area (Å²) in [5, 5.41) is 5.13. The van der Waals surface area contributed by atoms with Crippen LogP contribution in [0.4, 0.5) is 23.1 Å². The molecule has 9 heteroatoms. The molecule has 0 amide bonds. The summed E-state index contributed by atoms with van der Waals surface area (Å²) >= 11 is 0. The summed E-state index contributed by atoms with van der Waals surface area (Å²) < 4.78 is 5.73. The van der Waals surface area contributed by atoms with Gasteiger partial charge in [-0.05, 0) is 36.8 Å². The van der Waals surface area contributed by atoms with E-state index in [9.17, 15) is 0 Å². The Morgan fingerprint density at radius 3 is 2.47 bits per heavy atom. The molecule has 2 aromatic heterocycles. The second-order valence-corrected chi connectivity index (χ2v) is 8.23. The quantitative estimate of drug-likeness (QED) is 0.333. The molecule has 2 aromatic carbocycles. The van der Waals surface area contributed by atoms with E-state index in [1.807, 2.05) is 49.4 Å². The zero-order valence-electron chi connectivity index (χ0n) is 19.0. The first-order valence-corrected chi connectivity index (χ1v) is 11.2. The van der Waals surface area contributed by atoms with Gasteiger partial charge in [0.05, 0.1) is 11.9 Å². The normalized spacial score (nSPS) is 14.3. The fraction of sp³-hybridized carbons (Fsp3) is 0.240. The van der Waals surface area contributed by atoms with Crippen molar-refractivity contribution in [3.05, 3.63) is 71.6 Å². The van der Waals surface area contributed by atoms with Crippen LogP contribution in [0.15, 0.2) is 64.2 Å². The van der Waals surface area contributed by atoms with Gasteiger partial charge in [0.15, 0.2) is 12.4 Å². The van der Waals surface area contributed by atoms with Crippen LogP contribution in [0, 0.1) is 6.92 Å². The second-order valence-electron chi connectivity index (χ2n) is 8.23. The lowest BCUT2D eigenvalue weighted by molar-refractivity contribution is 0.117. The third-order valence-corrected chi connectivity index (χ3v) is 5.92. The van der Waals surface area contributed by atoms with E-state index in [1.54, 1.807) is 6.21 Å². The number of aryl methyl sites for hydroxylation is 1. The third kappa shape index (κ3) is 4.59. The minimum Gasteiger partial charge on any atom is -0.457 e. The van der Waals surface area contributed by atoms with Gasteiger partial charge < -0.3 is 30.5 Å². The summed E-state index contributed by atoms with van der Waals surface area (Å²) in [6.45, 7) is 5.61. The predicted octanol–water partition coefficient (Wildman–Crippen LogP) is 3.57. The SMILES string of the molecule is Cc1nc(N)nc(N)c1N1CCN(c2ccc(C=NOCc3cc4ccccc4o3)cc2)CC1. The first kappa shape index (κ1) is 21.6. The molecule has 5 rings (SSSR count). The zero-order valence-corrected chi connectivity index (χ0v) is 19.0. The van der Waals surface area contributed by atoms with Crippen molar-refractivity contribution >= 4 is 40.3 Å². The fourth-order valence-electron chi connectivity index (χ4n) is 4.27. The lowest BCUT2D eigenvalue weighted by Gasteiger charge is -2.38. The standard InChI is InChI=1S/C25H27N7O2/c1-17-23(24(26)30-25(27)29-17)32-12-10-31(11-13-32)20-8-6-18(7-9-20)15-28-33-16-21-14-19-4-2-3-5-22(19)34-21/h2-9,14-15H,10-13,16H2,1H3,(H4,26,27,29,30). The molecule has 174 valence electrons. The Bertz CT molecular complexity index is 1250. The number of aromatic nitrogens is 2. The van der Waals surface area contributed by atoms with Crippen molar-refractivity contribution in [3.63, 3.8) is 0 Å². The second kappa shape index (κ2) is 9.30. The first-order chi connectivity index (χ1) is 16.6. The number of furan rings is 1. The highest BCUT2D eigenvalue weighted by molar-refractivity contribution is 5.80. The molecule has 0 spiro atoms. The molecule has 0 bridgehead atoms. The number of fused-ring (bicyclic) bond motifs is 1. The molecule has 9 nitrogen and oxygen atoms in total. The van der Waals surface area contributed by atoms with Crippen LogP contribution >= 0.6 is 0 Å². The summed E-state index contributed by atoms with van der Waals surface area (Å²) in [5.41, 5.74) is 16.5. The summed E-state index contributed by atoms with van der Waals surface area (Å²) in [4.78, 5) is 18.4. The average molecular weight is 458 g/mol. The van der Waals surface area contributed by atoms with E-state index < -0.39 is 0 Å². The van der Waals surface area contributed by atoms with Crippen molar-refractivity contribution in [1.29, 1.82) is 0 Å². The number of para-hydroxylation sites is 1. The maximum atomic E-state index is 6.10. The highest BCUT2D eigenvalue weighted by Crippen LogP contribution is 2.27. The topological polar surface area (TPSA) is 119 Å². The lowest BCUT2D eigenvalue weighted by Crippen LogP contribution is -2.47. The van der Waals surface area contributed by atoms with Gasteiger partial charge in [-0.3, -0.25) is 0 Å². The van der Waals surface area contributed by atoms with Crippen molar-refractivity contribution in [1.82, 2.24) is 9.97 Å². The van der Waals surface area contributed by atoms with Crippen molar-refractivity contribution in [3.8, 4) is 0 Å². The number of nitrogens with two attached hydrogens (primary N) is 2. The number of benzene rings is 2. The lowest BCUT2D eigenvalue weighted by atomic mass is 10.2. The van der Waals surface area contributed by atoms with Crippen molar-refractivity contribution in [2.45, 2.75) is 13.5 Å². The van der Waals surface area contributed by atoms with E-state index in [0.717, 1.165) is 59.9 Å². The third-order valence-electron chi connectivity index (χ3n) is 5.92. The Balaban J connectivity index is 1.14. The maximum Gasteiger partial charge on any atom is 0.222 e. The van der Waals surface area contributed by atoms with Gasteiger partial charge in [-0.15, -0.1) is 0 Å². The van der Waals surface area contributed by atoms with Crippen LogP contribution in [0.5, 0.6) is 0 Å². The van der Waals surface area contributed by atoms with E-state index in [1.165, 1.54) is 5.69 Å². The monoisotopic (exact) mass is 457 g/mol. The molecule has 1 aliphatic heterocycles. The van der Waals surface area contributed by atoms with Gasteiger partial charge in [0.1, 0.15) is 17.0 Å². The number of anilines is 4. The van der Waals surface area contributed by atoms with E-state index >= 15 is 0 Å². The van der Waals surface area contributed by atoms with Gasteiger partial charge in [0.25, 0.3) is 0 Å². The molecule has 0 atom stereocenters. The molecular weight excluding hydrogens is 430 g/mol. The van der Waals surface area contributed by atoms with Crippen LogP contribution in [0.25, 0.3) is 11.0 Å². The van der Waals surface area contributed by atoms with Gasteiger partial charge in [-0.25, -0.2) is 4.98 Å².